The average Bonchev–Trinajstić information content (AvgIpc) is 1.70. The van der Waals surface area contributed by atoms with Crippen molar-refractivity contribution in [1.29, 1.82) is 0 Å². The molecule has 5 fully saturated rings. The van der Waals surface area contributed by atoms with Crippen LogP contribution in [-0.2, 0) is 78.1 Å². The van der Waals surface area contributed by atoms with Crippen molar-refractivity contribution in [2.45, 2.75) is 152 Å². The normalized spacial score (nSPS) is 30.7. The maximum atomic E-state index is 14.6. The van der Waals surface area contributed by atoms with E-state index in [0.29, 0.717) is 0 Å². The van der Waals surface area contributed by atoms with E-state index < -0.39 is 225 Å². The second kappa shape index (κ2) is 29.1. The van der Waals surface area contributed by atoms with Crippen molar-refractivity contribution in [1.82, 2.24) is 47.8 Å². The second-order valence-corrected chi connectivity index (χ2v) is 31.1. The van der Waals surface area contributed by atoms with E-state index in [4.69, 9.17) is 59.9 Å². The SMILES string of the molecule is Cc1cn([C@H]2C[C@H](OP(C)(=O)OC[C@H]3O[C@@H](n4cc(C)c(=O)[nH]c4=O)C[C@@H]3OP(C)(=O)OC[C@H]3O[C@@H](n4cc(C)c(=O)[nH]c4=O)C[C@@H]3O)[C@@H](COP(C)(=O)O[C@H]3C[C@H](n4cc(C)c(=O)[nH]c4=O)O[C@@H]3COP(=O)(O)O[C@H]3[C@@H](O)[C@H](n4ccc(=O)[nH]c4=O)O[C@@H]3CO)O2)c(=O)[nH]c1=O. The van der Waals surface area contributed by atoms with Crippen molar-refractivity contribution in [3.8, 4) is 0 Å². The first-order chi connectivity index (χ1) is 45.5. The Hall–Kier alpha value is -6.36. The zero-order valence-electron chi connectivity index (χ0n) is 52.4. The van der Waals surface area contributed by atoms with E-state index in [9.17, 15) is 86.4 Å². The summed E-state index contributed by atoms with van der Waals surface area (Å²) in [6.45, 7) is 4.79. The number of phosphoric acid groups is 1. The lowest BCUT2D eigenvalue weighted by Crippen LogP contribution is -2.38. The summed E-state index contributed by atoms with van der Waals surface area (Å²) in [5.41, 5.74) is -7.91. The maximum absolute atomic E-state index is 14.6. The lowest BCUT2D eigenvalue weighted by molar-refractivity contribution is -0.0594. The molecule has 0 aromatic carbocycles. The van der Waals surface area contributed by atoms with Crippen molar-refractivity contribution in [2.75, 3.05) is 53.0 Å². The number of aliphatic hydroxyl groups excluding tert-OH is 3. The summed E-state index contributed by atoms with van der Waals surface area (Å²) in [4.78, 5) is 147. The number of aromatic nitrogens is 10. The van der Waals surface area contributed by atoms with Crippen molar-refractivity contribution in [2.24, 2.45) is 0 Å². The highest BCUT2D eigenvalue weighted by atomic mass is 31.2. The molecule has 41 nitrogen and oxygen atoms in total. The predicted octanol–water partition coefficient (Wildman–Crippen LogP) is -2.09. The van der Waals surface area contributed by atoms with Gasteiger partial charge in [0, 0.05) is 105 Å². The fourth-order valence-corrected chi connectivity index (χ4v) is 15.8. The van der Waals surface area contributed by atoms with Crippen LogP contribution in [0.15, 0.2) is 85.0 Å². The third kappa shape index (κ3) is 17.1. The Morgan fingerprint density at radius 1 is 0.454 bits per heavy atom. The van der Waals surface area contributed by atoms with Gasteiger partial charge in [0.25, 0.3) is 27.8 Å². The molecule has 9 N–H and O–H groups in total. The Morgan fingerprint density at radius 2 is 0.784 bits per heavy atom. The molecule has 534 valence electrons. The molecule has 0 spiro atoms. The number of hydrogen-bond donors (Lipinski definition) is 9. The maximum Gasteiger partial charge on any atom is 0.472 e. The Kier molecular flexibility index (Phi) is 22.0. The van der Waals surface area contributed by atoms with Crippen LogP contribution in [0.1, 0.15) is 79.1 Å². The van der Waals surface area contributed by atoms with E-state index in [1.807, 2.05) is 4.98 Å². The minimum absolute atomic E-state index is 0.0415. The highest BCUT2D eigenvalue weighted by Crippen LogP contribution is 2.55. The predicted molar refractivity (Wildman–Crippen MR) is 326 cm³/mol. The van der Waals surface area contributed by atoms with Crippen molar-refractivity contribution in [3.63, 3.8) is 0 Å². The highest BCUT2D eigenvalue weighted by Gasteiger charge is 2.51. The van der Waals surface area contributed by atoms with Crippen LogP contribution in [0, 0.1) is 27.7 Å². The number of aromatic amines is 5. The van der Waals surface area contributed by atoms with Crippen molar-refractivity contribution < 1.29 is 98.3 Å². The Balaban J connectivity index is 0.839. The lowest BCUT2D eigenvalue weighted by Gasteiger charge is -2.27. The van der Waals surface area contributed by atoms with Gasteiger partial charge < -0.3 is 71.0 Å². The third-order valence-electron chi connectivity index (χ3n) is 16.2. The molecular formula is C52H70N10O31P4. The van der Waals surface area contributed by atoms with Gasteiger partial charge in [-0.25, -0.2) is 28.5 Å². The van der Waals surface area contributed by atoms with Crippen LogP contribution >= 0.6 is 30.6 Å². The number of aliphatic hydroxyl groups is 3. The fraction of sp³-hybridized carbons (Fsp3) is 0.615. The Morgan fingerprint density at radius 3 is 1.14 bits per heavy atom. The Bertz CT molecular complexity index is 4610. The van der Waals surface area contributed by atoms with Crippen LogP contribution < -0.4 is 56.2 Å². The zero-order valence-corrected chi connectivity index (χ0v) is 56.0. The molecule has 5 aliphatic heterocycles. The monoisotopic (exact) mass is 1450 g/mol. The number of nitrogens with one attached hydrogen (secondary N) is 5. The van der Waals surface area contributed by atoms with Crippen molar-refractivity contribution >= 4 is 30.6 Å². The van der Waals surface area contributed by atoms with E-state index in [2.05, 4.69) is 19.9 Å². The molecule has 5 saturated heterocycles. The smallest absolute Gasteiger partial charge is 0.394 e. The van der Waals surface area contributed by atoms with Crippen LogP contribution in [-0.4, -0.2) is 188 Å². The van der Waals surface area contributed by atoms with Crippen molar-refractivity contribution in [3.05, 3.63) is 163 Å². The first kappa shape index (κ1) is 73.4. The molecule has 5 aliphatic rings. The quantitative estimate of drug-likeness (QED) is 0.0268. The summed E-state index contributed by atoms with van der Waals surface area (Å²) in [6, 6.07) is 0.923. The largest absolute Gasteiger partial charge is 0.472 e. The molecule has 0 radical (unpaired) electrons. The topological polar surface area (TPSA) is 543 Å². The minimum atomic E-state index is -5.40. The Labute approximate surface area is 543 Å². The van der Waals surface area contributed by atoms with Crippen LogP contribution in [0.3, 0.4) is 0 Å². The van der Waals surface area contributed by atoms with Gasteiger partial charge >= 0.3 is 59.1 Å². The summed E-state index contributed by atoms with van der Waals surface area (Å²) in [6.07, 6.45) is -18.5. The molecule has 20 atom stereocenters. The summed E-state index contributed by atoms with van der Waals surface area (Å²) < 4.78 is 138. The van der Waals surface area contributed by atoms with E-state index in [1.54, 1.807) is 0 Å². The summed E-state index contributed by atoms with van der Waals surface area (Å²) in [5, 5.41) is 32.1. The number of phosphoric ester groups is 1. The number of hydrogen-bond acceptors (Lipinski definition) is 30. The third-order valence-corrected chi connectivity index (χ3v) is 21.0. The molecule has 97 heavy (non-hydrogen) atoms. The molecule has 0 amide bonds. The number of aryl methyl sites for hydroxylation is 4. The first-order valence-corrected chi connectivity index (χ1v) is 37.1. The molecule has 5 aromatic heterocycles. The second-order valence-electron chi connectivity index (χ2n) is 23.7. The van der Waals surface area contributed by atoms with Gasteiger partial charge in [-0.05, 0) is 27.7 Å². The molecule has 5 aromatic rings. The molecule has 0 aliphatic carbocycles. The van der Waals surface area contributed by atoms with Gasteiger partial charge in [-0.2, -0.15) is 0 Å². The van der Waals surface area contributed by atoms with Gasteiger partial charge in [-0.15, -0.1) is 0 Å². The molecule has 45 heteroatoms. The summed E-state index contributed by atoms with van der Waals surface area (Å²) >= 11 is 0. The van der Waals surface area contributed by atoms with Gasteiger partial charge in [0.2, 0.25) is 0 Å². The number of nitrogens with zero attached hydrogens (tertiary/aromatic N) is 5. The first-order valence-electron chi connectivity index (χ1n) is 29.7. The van der Waals surface area contributed by atoms with Crippen LogP contribution in [0.5, 0.6) is 0 Å². The van der Waals surface area contributed by atoms with Crippen LogP contribution in [0.4, 0.5) is 0 Å². The average molecular weight is 1460 g/mol. The van der Waals surface area contributed by atoms with E-state index in [1.165, 1.54) is 46.3 Å². The molecule has 0 bridgehead atoms. The standard InChI is InChI=1S/C52H70N10O31P4/c1-23-14-59(49(72)54-43(23)67)37-10-27(64)32(85-37)19-81-94(5,76)90-28-11-38(60-15-24(2)44(68)55-50(60)73)86-33(28)20-82-95(6,77)91-29-12-39(61-16-25(3)45(69)56-51(61)74)87-34(29)21-83-96(7,78)92-30-13-40(62-17-26(4)46(70)57-52(62)75)88-35(30)22-84-97(79,80)93-42-31(18-63)89-47(41(42)66)58-9-8-36(65)53-48(58)71/h8-9,14-17,27-35,37-42,47,63-64,66H,10-13,18-22H2,1-7H3,(H,79,80)(H,53,65,71)(H,54,67,72)(H,55,68,73)(H,56,69,74)(H,57,70,75)/t27-,28-,29-,30-,31+,32+,33+,34+,35+,37+,38+,39+,40+,41+,42+,47+,94?,95?,96?/m0/s1. The fourth-order valence-electron chi connectivity index (χ4n) is 11.3. The van der Waals surface area contributed by atoms with E-state index in [-0.39, 0.29) is 41.5 Å². The molecule has 10 heterocycles. The van der Waals surface area contributed by atoms with E-state index in [0.717, 1.165) is 61.3 Å². The lowest BCUT2D eigenvalue weighted by atomic mass is 10.1. The van der Waals surface area contributed by atoms with Gasteiger partial charge in [-0.1, -0.05) is 0 Å². The van der Waals surface area contributed by atoms with Gasteiger partial charge in [-0.3, -0.25) is 94.5 Å². The van der Waals surface area contributed by atoms with E-state index >= 15 is 0 Å². The number of H-pyrrole nitrogens is 5. The van der Waals surface area contributed by atoms with Crippen LogP contribution in [0.25, 0.3) is 0 Å². The summed E-state index contributed by atoms with van der Waals surface area (Å²) in [7, 11) is -18.6. The van der Waals surface area contributed by atoms with Gasteiger partial charge in [0.15, 0.2) is 6.23 Å². The van der Waals surface area contributed by atoms with Gasteiger partial charge in [0.1, 0.15) is 67.6 Å². The molecule has 10 rings (SSSR count). The van der Waals surface area contributed by atoms with Crippen LogP contribution in [0.2, 0.25) is 0 Å². The highest BCUT2D eigenvalue weighted by molar-refractivity contribution is 7.53. The number of ether oxygens (including phenoxy) is 5. The molecular weight excluding hydrogens is 1380 g/mol. The molecule has 0 saturated carbocycles. The zero-order chi connectivity index (χ0) is 70.5. The minimum Gasteiger partial charge on any atom is -0.394 e. The van der Waals surface area contributed by atoms with Gasteiger partial charge in [0.05, 0.1) is 57.5 Å². The molecule has 4 unspecified atom stereocenters. The summed E-state index contributed by atoms with van der Waals surface area (Å²) in [5.74, 6) is 0. The number of rotatable bonds is 26.